The minimum atomic E-state index is -3.61. The fourth-order valence-electron chi connectivity index (χ4n) is 4.95. The summed E-state index contributed by atoms with van der Waals surface area (Å²) in [7, 11) is -3.61. The average molecular weight is 583 g/mol. The Hall–Kier alpha value is -2.29. The Labute approximate surface area is 236 Å². The van der Waals surface area contributed by atoms with E-state index in [0.717, 1.165) is 37.5 Å². The van der Waals surface area contributed by atoms with Crippen molar-refractivity contribution < 1.29 is 18.0 Å². The van der Waals surface area contributed by atoms with Crippen molar-refractivity contribution in [1.82, 2.24) is 10.2 Å². The van der Waals surface area contributed by atoms with Crippen LogP contribution in [0.1, 0.15) is 63.0 Å². The van der Waals surface area contributed by atoms with Gasteiger partial charge in [0.15, 0.2) is 0 Å². The molecule has 3 rings (SSSR count). The lowest BCUT2D eigenvalue weighted by molar-refractivity contribution is -0.141. The van der Waals surface area contributed by atoms with E-state index in [1.807, 2.05) is 25.1 Å². The van der Waals surface area contributed by atoms with Crippen LogP contribution in [0.3, 0.4) is 0 Å². The molecule has 0 aliphatic heterocycles. The van der Waals surface area contributed by atoms with Gasteiger partial charge in [0.25, 0.3) is 0 Å². The number of nitrogens with zero attached hydrogens (tertiary/aromatic N) is 2. The molecule has 0 radical (unpaired) electrons. The van der Waals surface area contributed by atoms with Crippen LogP contribution in [0.15, 0.2) is 42.5 Å². The van der Waals surface area contributed by atoms with Crippen molar-refractivity contribution >= 4 is 50.7 Å². The molecular formula is C28H37Cl2N3O4S. The number of anilines is 1. The molecule has 1 N–H and O–H groups in total. The Kier molecular flexibility index (Phi) is 10.9. The topological polar surface area (TPSA) is 86.8 Å². The molecule has 1 fully saturated rings. The van der Waals surface area contributed by atoms with E-state index in [9.17, 15) is 18.0 Å². The predicted octanol–water partition coefficient (Wildman–Crippen LogP) is 5.71. The summed E-state index contributed by atoms with van der Waals surface area (Å²) in [6.45, 7) is 3.95. The minimum Gasteiger partial charge on any atom is -0.352 e. The van der Waals surface area contributed by atoms with Crippen molar-refractivity contribution in [1.29, 1.82) is 0 Å². The largest absolute Gasteiger partial charge is 0.352 e. The molecule has 2 amide bonds. The van der Waals surface area contributed by atoms with Gasteiger partial charge in [0, 0.05) is 35.6 Å². The van der Waals surface area contributed by atoms with E-state index in [1.54, 1.807) is 36.1 Å². The molecule has 2 aromatic carbocycles. The molecule has 1 aliphatic rings. The Morgan fingerprint density at radius 3 is 2.34 bits per heavy atom. The van der Waals surface area contributed by atoms with E-state index in [1.165, 1.54) is 4.31 Å². The number of carbonyl (C=O) groups excluding carboxylic acids is 2. The number of carbonyl (C=O) groups is 2. The first-order valence-corrected chi connectivity index (χ1v) is 15.7. The standard InChI is InChI=1S/C28H37Cl2N3O4S/c1-4-25(28(35)31-22-12-6-7-13-22)32(19-21-11-5-8-14-24(21)30)27(34)17-10-18-33(38(3,36)37)26-16-9-15-23(29)20(26)2/h5,8-9,11,14-16,22,25H,4,6-7,10,12-13,17-19H2,1-3H3,(H,31,35)/t25-/m1/s1. The van der Waals surface area contributed by atoms with Crippen LogP contribution < -0.4 is 9.62 Å². The van der Waals surface area contributed by atoms with E-state index in [-0.39, 0.29) is 43.8 Å². The summed E-state index contributed by atoms with van der Waals surface area (Å²) < 4.78 is 26.5. The van der Waals surface area contributed by atoms with Gasteiger partial charge in [0.1, 0.15) is 6.04 Å². The molecular weight excluding hydrogens is 545 g/mol. The lowest BCUT2D eigenvalue weighted by Crippen LogP contribution is -2.51. The monoisotopic (exact) mass is 581 g/mol. The van der Waals surface area contributed by atoms with Gasteiger partial charge in [-0.05, 0) is 61.9 Å². The third-order valence-corrected chi connectivity index (χ3v) is 9.00. The second-order valence-corrected chi connectivity index (χ2v) is 12.6. The lowest BCUT2D eigenvalue weighted by Gasteiger charge is -2.32. The molecule has 7 nitrogen and oxygen atoms in total. The van der Waals surface area contributed by atoms with Crippen molar-refractivity contribution in [3.8, 4) is 0 Å². The zero-order valence-corrected chi connectivity index (χ0v) is 24.6. The Morgan fingerprint density at radius 1 is 1.05 bits per heavy atom. The van der Waals surface area contributed by atoms with E-state index in [2.05, 4.69) is 5.32 Å². The fourth-order valence-corrected chi connectivity index (χ4v) is 6.33. The fraction of sp³-hybridized carbons (Fsp3) is 0.500. The second kappa shape index (κ2) is 13.7. The Balaban J connectivity index is 1.79. The summed E-state index contributed by atoms with van der Waals surface area (Å²) in [6.07, 6.45) is 6.02. The third-order valence-electron chi connectivity index (χ3n) is 7.05. The number of rotatable bonds is 12. The molecule has 1 aliphatic carbocycles. The second-order valence-electron chi connectivity index (χ2n) is 9.85. The highest BCUT2D eigenvalue weighted by Gasteiger charge is 2.31. The van der Waals surface area contributed by atoms with Crippen molar-refractivity contribution in [3.63, 3.8) is 0 Å². The molecule has 0 saturated heterocycles. The minimum absolute atomic E-state index is 0.0727. The highest BCUT2D eigenvalue weighted by molar-refractivity contribution is 7.92. The number of amides is 2. The van der Waals surface area contributed by atoms with Crippen LogP contribution in [0.4, 0.5) is 5.69 Å². The summed E-state index contributed by atoms with van der Waals surface area (Å²) in [5.41, 5.74) is 1.89. The van der Waals surface area contributed by atoms with Crippen molar-refractivity contribution in [3.05, 3.63) is 63.6 Å². The average Bonchev–Trinajstić information content (AvgIpc) is 3.37. The van der Waals surface area contributed by atoms with Crippen LogP contribution in [-0.4, -0.2) is 50.0 Å². The number of sulfonamides is 1. The van der Waals surface area contributed by atoms with Gasteiger partial charge < -0.3 is 10.2 Å². The van der Waals surface area contributed by atoms with Crippen molar-refractivity contribution in [2.45, 2.75) is 77.4 Å². The molecule has 0 spiro atoms. The van der Waals surface area contributed by atoms with Crippen LogP contribution in [-0.2, 0) is 26.2 Å². The molecule has 208 valence electrons. The predicted molar refractivity (Wildman–Crippen MR) is 154 cm³/mol. The van der Waals surface area contributed by atoms with Gasteiger partial charge in [0.2, 0.25) is 21.8 Å². The van der Waals surface area contributed by atoms with Gasteiger partial charge in [-0.2, -0.15) is 0 Å². The maximum atomic E-state index is 13.6. The zero-order chi connectivity index (χ0) is 27.9. The van der Waals surface area contributed by atoms with Gasteiger partial charge in [-0.25, -0.2) is 8.42 Å². The summed E-state index contributed by atoms with van der Waals surface area (Å²) in [5.74, 6) is -0.387. The first kappa shape index (κ1) is 30.3. The zero-order valence-electron chi connectivity index (χ0n) is 22.3. The molecule has 0 bridgehead atoms. The summed E-state index contributed by atoms with van der Waals surface area (Å²) in [5, 5.41) is 4.12. The molecule has 38 heavy (non-hydrogen) atoms. The Morgan fingerprint density at radius 2 is 1.71 bits per heavy atom. The highest BCUT2D eigenvalue weighted by atomic mass is 35.5. The van der Waals surface area contributed by atoms with E-state index < -0.39 is 16.1 Å². The molecule has 0 heterocycles. The molecule has 0 unspecified atom stereocenters. The highest BCUT2D eigenvalue weighted by Crippen LogP contribution is 2.29. The van der Waals surface area contributed by atoms with Gasteiger partial charge in [0.05, 0.1) is 11.9 Å². The molecule has 2 aromatic rings. The van der Waals surface area contributed by atoms with E-state index in [0.29, 0.717) is 27.7 Å². The number of benzene rings is 2. The maximum absolute atomic E-state index is 13.6. The number of halogens is 2. The van der Waals surface area contributed by atoms with Crippen molar-refractivity contribution in [2.24, 2.45) is 0 Å². The molecule has 0 aromatic heterocycles. The molecule has 10 heteroatoms. The maximum Gasteiger partial charge on any atom is 0.243 e. The quantitative estimate of drug-likeness (QED) is 0.347. The Bertz CT molecular complexity index is 1230. The number of nitrogens with one attached hydrogen (secondary N) is 1. The normalized spacial score (nSPS) is 14.8. The number of hydrogen-bond acceptors (Lipinski definition) is 4. The third kappa shape index (κ3) is 7.87. The SMILES string of the molecule is CC[C@H](C(=O)NC1CCCC1)N(Cc1ccccc1Cl)C(=O)CCCN(c1cccc(Cl)c1C)S(C)(=O)=O. The van der Waals surface area contributed by atoms with Crippen LogP contribution in [0, 0.1) is 6.92 Å². The summed E-state index contributed by atoms with van der Waals surface area (Å²) >= 11 is 12.6. The van der Waals surface area contributed by atoms with Crippen LogP contribution >= 0.6 is 23.2 Å². The van der Waals surface area contributed by atoms with Crippen molar-refractivity contribution in [2.75, 3.05) is 17.1 Å². The summed E-state index contributed by atoms with van der Waals surface area (Å²) in [4.78, 5) is 28.5. The molecule has 1 saturated carbocycles. The van der Waals surface area contributed by atoms with Gasteiger partial charge >= 0.3 is 0 Å². The smallest absolute Gasteiger partial charge is 0.243 e. The van der Waals surface area contributed by atoms with Gasteiger partial charge in [-0.3, -0.25) is 13.9 Å². The summed E-state index contributed by atoms with van der Waals surface area (Å²) in [6, 6.07) is 11.9. The van der Waals surface area contributed by atoms with Gasteiger partial charge in [-0.1, -0.05) is 67.2 Å². The van der Waals surface area contributed by atoms with Crippen LogP contribution in [0.25, 0.3) is 0 Å². The molecule has 1 atom stereocenters. The van der Waals surface area contributed by atoms with Crippen LogP contribution in [0.5, 0.6) is 0 Å². The first-order valence-electron chi connectivity index (χ1n) is 13.1. The van der Waals surface area contributed by atoms with Crippen LogP contribution in [0.2, 0.25) is 10.0 Å². The number of hydrogen-bond donors (Lipinski definition) is 1. The first-order chi connectivity index (χ1) is 18.0. The van der Waals surface area contributed by atoms with Gasteiger partial charge in [-0.15, -0.1) is 0 Å². The van der Waals surface area contributed by atoms with E-state index in [4.69, 9.17) is 23.2 Å². The lowest BCUT2D eigenvalue weighted by atomic mass is 10.1. The van der Waals surface area contributed by atoms with E-state index >= 15 is 0 Å².